The molecule has 1 atom stereocenters. The number of rotatable bonds is 11. The van der Waals surface area contributed by atoms with Crippen molar-refractivity contribution >= 4 is 15.9 Å². The third-order valence-corrected chi connectivity index (χ3v) is 4.30. The largest absolute Gasteiger partial charge is 0.496 e. The maximum absolute atomic E-state index is 5.56. The van der Waals surface area contributed by atoms with Crippen LogP contribution >= 0.6 is 15.9 Å². The van der Waals surface area contributed by atoms with Crippen molar-refractivity contribution in [2.45, 2.75) is 64.8 Å². The van der Waals surface area contributed by atoms with Crippen molar-refractivity contribution in [1.82, 2.24) is 5.32 Å². The predicted octanol–water partition coefficient (Wildman–Crippen LogP) is 5.86. The number of methoxy groups -OCH3 is 1. The fourth-order valence-corrected chi connectivity index (χ4v) is 2.95. The summed E-state index contributed by atoms with van der Waals surface area (Å²) in [5.74, 6) is 0.978. The topological polar surface area (TPSA) is 21.3 Å². The zero-order chi connectivity index (χ0) is 15.5. The molecular formula is C18H30BrNO. The van der Waals surface area contributed by atoms with Gasteiger partial charge in [0.15, 0.2) is 0 Å². The van der Waals surface area contributed by atoms with Gasteiger partial charge in [0.1, 0.15) is 5.75 Å². The molecule has 1 unspecified atom stereocenters. The summed E-state index contributed by atoms with van der Waals surface area (Å²) < 4.78 is 6.63. The fraction of sp³-hybridized carbons (Fsp3) is 0.667. The van der Waals surface area contributed by atoms with Gasteiger partial charge in [-0.15, -0.1) is 0 Å². The summed E-state index contributed by atoms with van der Waals surface area (Å²) in [6, 6.07) is 6.75. The highest BCUT2D eigenvalue weighted by atomic mass is 79.9. The summed E-state index contributed by atoms with van der Waals surface area (Å²) in [5.41, 5.74) is 1.28. The number of nitrogens with one attached hydrogen (secondary N) is 1. The van der Waals surface area contributed by atoms with Crippen molar-refractivity contribution in [3.8, 4) is 5.75 Å². The van der Waals surface area contributed by atoms with Crippen molar-refractivity contribution < 1.29 is 4.74 Å². The van der Waals surface area contributed by atoms with Crippen LogP contribution in [-0.4, -0.2) is 13.7 Å². The third kappa shape index (κ3) is 6.84. The lowest BCUT2D eigenvalue weighted by Gasteiger charge is -2.21. The van der Waals surface area contributed by atoms with Crippen LogP contribution in [0.1, 0.15) is 70.4 Å². The van der Waals surface area contributed by atoms with Crippen molar-refractivity contribution in [2.75, 3.05) is 13.7 Å². The van der Waals surface area contributed by atoms with Crippen molar-refractivity contribution in [3.05, 3.63) is 28.2 Å². The van der Waals surface area contributed by atoms with E-state index < -0.39 is 0 Å². The molecule has 21 heavy (non-hydrogen) atoms. The Kier molecular flexibility index (Phi) is 9.77. The van der Waals surface area contributed by atoms with Gasteiger partial charge in [-0.2, -0.15) is 0 Å². The van der Waals surface area contributed by atoms with Crippen LogP contribution in [0, 0.1) is 0 Å². The lowest BCUT2D eigenvalue weighted by atomic mass is 9.98. The van der Waals surface area contributed by atoms with Crippen LogP contribution in [0.4, 0.5) is 0 Å². The van der Waals surface area contributed by atoms with Gasteiger partial charge in [-0.1, -0.05) is 67.9 Å². The van der Waals surface area contributed by atoms with Gasteiger partial charge in [-0.25, -0.2) is 0 Å². The first-order valence-electron chi connectivity index (χ1n) is 8.29. The average molecular weight is 356 g/mol. The van der Waals surface area contributed by atoms with Crippen LogP contribution in [0.15, 0.2) is 22.7 Å². The molecule has 0 aliphatic rings. The summed E-state index contributed by atoms with van der Waals surface area (Å²) in [5, 5.41) is 3.68. The zero-order valence-electron chi connectivity index (χ0n) is 13.8. The molecule has 1 aromatic rings. The first kappa shape index (κ1) is 18.5. The minimum absolute atomic E-state index is 0.398. The van der Waals surface area contributed by atoms with E-state index in [1.54, 1.807) is 7.11 Å². The van der Waals surface area contributed by atoms with E-state index >= 15 is 0 Å². The van der Waals surface area contributed by atoms with E-state index in [0.717, 1.165) is 23.2 Å². The lowest BCUT2D eigenvalue weighted by molar-refractivity contribution is 0.391. The van der Waals surface area contributed by atoms with Crippen LogP contribution in [0.5, 0.6) is 5.75 Å². The average Bonchev–Trinajstić information content (AvgIpc) is 2.50. The van der Waals surface area contributed by atoms with Crippen LogP contribution < -0.4 is 10.1 Å². The maximum Gasteiger partial charge on any atom is 0.124 e. The highest BCUT2D eigenvalue weighted by molar-refractivity contribution is 9.10. The molecule has 0 saturated heterocycles. The number of halogens is 1. The summed E-state index contributed by atoms with van der Waals surface area (Å²) in [6.45, 7) is 5.53. The van der Waals surface area contributed by atoms with Gasteiger partial charge in [0.05, 0.1) is 7.11 Å². The highest BCUT2D eigenvalue weighted by Gasteiger charge is 2.15. The Morgan fingerprint density at radius 1 is 1.10 bits per heavy atom. The molecule has 0 heterocycles. The first-order valence-corrected chi connectivity index (χ1v) is 9.09. The van der Waals surface area contributed by atoms with Crippen LogP contribution in [-0.2, 0) is 0 Å². The number of ether oxygens (including phenoxy) is 1. The molecule has 1 N–H and O–H groups in total. The molecule has 0 radical (unpaired) electrons. The van der Waals surface area contributed by atoms with E-state index in [-0.39, 0.29) is 0 Å². The summed E-state index contributed by atoms with van der Waals surface area (Å²) in [4.78, 5) is 0. The smallest absolute Gasteiger partial charge is 0.124 e. The van der Waals surface area contributed by atoms with Gasteiger partial charge in [-0.3, -0.25) is 0 Å². The Balaban J connectivity index is 2.67. The van der Waals surface area contributed by atoms with E-state index in [4.69, 9.17) is 4.74 Å². The molecule has 2 nitrogen and oxygen atoms in total. The monoisotopic (exact) mass is 355 g/mol. The number of hydrogen-bond acceptors (Lipinski definition) is 2. The lowest BCUT2D eigenvalue weighted by Crippen LogP contribution is -2.22. The third-order valence-electron chi connectivity index (χ3n) is 3.81. The van der Waals surface area contributed by atoms with Crippen molar-refractivity contribution in [1.29, 1.82) is 0 Å². The number of hydrogen-bond donors (Lipinski definition) is 1. The molecule has 0 fully saturated rings. The van der Waals surface area contributed by atoms with Gasteiger partial charge in [0, 0.05) is 16.1 Å². The molecule has 0 aliphatic carbocycles. The second kappa shape index (κ2) is 11.1. The van der Waals surface area contributed by atoms with Gasteiger partial charge in [0.25, 0.3) is 0 Å². The summed E-state index contributed by atoms with van der Waals surface area (Å²) >= 11 is 3.52. The van der Waals surface area contributed by atoms with Crippen LogP contribution in [0.25, 0.3) is 0 Å². The van der Waals surface area contributed by atoms with Crippen molar-refractivity contribution in [3.63, 3.8) is 0 Å². The zero-order valence-corrected chi connectivity index (χ0v) is 15.3. The number of unbranched alkanes of at least 4 members (excludes halogenated alkanes) is 4. The van der Waals surface area contributed by atoms with E-state index in [0.29, 0.717) is 6.04 Å². The molecular weight excluding hydrogens is 326 g/mol. The van der Waals surface area contributed by atoms with Crippen LogP contribution in [0.2, 0.25) is 0 Å². The second-order valence-electron chi connectivity index (χ2n) is 5.60. The molecule has 0 aliphatic heterocycles. The Hall–Kier alpha value is -0.540. The highest BCUT2D eigenvalue weighted by Crippen LogP contribution is 2.31. The molecule has 0 aromatic heterocycles. The van der Waals surface area contributed by atoms with Crippen molar-refractivity contribution in [2.24, 2.45) is 0 Å². The Morgan fingerprint density at radius 2 is 1.86 bits per heavy atom. The Bertz CT molecular complexity index is 395. The quantitative estimate of drug-likeness (QED) is 0.502. The van der Waals surface area contributed by atoms with E-state index in [1.165, 1.54) is 44.1 Å². The van der Waals surface area contributed by atoms with E-state index in [2.05, 4.69) is 53.3 Å². The molecule has 1 rings (SSSR count). The molecule has 0 bridgehead atoms. The van der Waals surface area contributed by atoms with E-state index in [1.807, 2.05) is 0 Å². The Morgan fingerprint density at radius 3 is 2.52 bits per heavy atom. The minimum Gasteiger partial charge on any atom is -0.496 e. The van der Waals surface area contributed by atoms with Gasteiger partial charge < -0.3 is 10.1 Å². The number of benzene rings is 1. The first-order chi connectivity index (χ1) is 10.2. The van der Waals surface area contributed by atoms with E-state index in [9.17, 15) is 0 Å². The molecule has 0 spiro atoms. The maximum atomic E-state index is 5.56. The molecule has 120 valence electrons. The Labute approximate surface area is 138 Å². The predicted molar refractivity (Wildman–Crippen MR) is 95.1 cm³/mol. The SMILES string of the molecule is CCCCCCCC(NCCC)c1ccc(Br)cc1OC. The minimum atomic E-state index is 0.398. The van der Waals surface area contributed by atoms with Crippen LogP contribution in [0.3, 0.4) is 0 Å². The standard InChI is InChI=1S/C18H30BrNO/c1-4-6-7-8-9-10-17(20-13-5-2)16-12-11-15(19)14-18(16)21-3/h11-12,14,17,20H,4-10,13H2,1-3H3. The van der Waals surface area contributed by atoms with Gasteiger partial charge in [-0.05, 0) is 31.5 Å². The molecule has 1 aromatic carbocycles. The fourth-order valence-electron chi connectivity index (χ4n) is 2.61. The summed E-state index contributed by atoms with van der Waals surface area (Å²) in [7, 11) is 1.75. The van der Waals surface area contributed by atoms with Gasteiger partial charge >= 0.3 is 0 Å². The molecule has 0 amide bonds. The second-order valence-corrected chi connectivity index (χ2v) is 6.51. The summed E-state index contributed by atoms with van der Waals surface area (Å²) in [6.07, 6.45) is 8.96. The molecule has 3 heteroatoms. The van der Waals surface area contributed by atoms with Gasteiger partial charge in [0.2, 0.25) is 0 Å². The normalized spacial score (nSPS) is 12.4. The molecule has 0 saturated carbocycles.